The van der Waals surface area contributed by atoms with Crippen LogP contribution in [0.15, 0.2) is 30.5 Å². The summed E-state index contributed by atoms with van der Waals surface area (Å²) in [5.41, 5.74) is 1.19. The number of hydrogen-bond donors (Lipinski definition) is 1. The minimum Gasteiger partial charge on any atom is -0.363 e. The summed E-state index contributed by atoms with van der Waals surface area (Å²) >= 11 is 0. The van der Waals surface area contributed by atoms with E-state index in [-0.39, 0.29) is 6.04 Å². The Morgan fingerprint density at radius 1 is 1.60 bits per heavy atom. The van der Waals surface area contributed by atoms with Gasteiger partial charge in [-0.3, -0.25) is 0 Å². The topological polar surface area (TPSA) is 29.9 Å². The van der Waals surface area contributed by atoms with Crippen molar-refractivity contribution >= 4 is 0 Å². The molecule has 0 spiro atoms. The average Bonchev–Trinajstić information content (AvgIpc) is 2.59. The van der Waals surface area contributed by atoms with Gasteiger partial charge in [-0.05, 0) is 12.1 Å². The molecule has 1 unspecified atom stereocenters. The fourth-order valence-corrected chi connectivity index (χ4v) is 1.16. The first-order valence-corrected chi connectivity index (χ1v) is 3.43. The van der Waals surface area contributed by atoms with Gasteiger partial charge >= 0.3 is 0 Å². The minimum absolute atomic E-state index is 0.287. The van der Waals surface area contributed by atoms with Crippen LogP contribution in [0.5, 0.6) is 0 Å². The van der Waals surface area contributed by atoms with E-state index in [0.29, 0.717) is 0 Å². The Morgan fingerprint density at radius 2 is 2.60 bits per heavy atom. The van der Waals surface area contributed by atoms with Crippen molar-refractivity contribution in [3.63, 3.8) is 0 Å². The molecule has 1 atom stereocenters. The van der Waals surface area contributed by atoms with Gasteiger partial charge in [-0.2, -0.15) is 0 Å². The highest BCUT2D eigenvalue weighted by Gasteiger charge is 2.11. The van der Waals surface area contributed by atoms with E-state index in [1.54, 1.807) is 0 Å². The van der Waals surface area contributed by atoms with Crippen LogP contribution in [0.1, 0.15) is 11.7 Å². The van der Waals surface area contributed by atoms with Crippen molar-refractivity contribution in [3.05, 3.63) is 36.2 Å². The molecule has 1 aliphatic rings. The van der Waals surface area contributed by atoms with Gasteiger partial charge in [0.15, 0.2) is 0 Å². The Bertz CT molecular complexity index is 223. The zero-order valence-corrected chi connectivity index (χ0v) is 5.62. The molecule has 1 N–H and O–H groups in total. The molecule has 51 valence electrons. The van der Waals surface area contributed by atoms with Gasteiger partial charge in [-0.15, -0.1) is 0 Å². The normalized spacial score (nSPS) is 23.8. The van der Waals surface area contributed by atoms with Crippen LogP contribution in [0.2, 0.25) is 0 Å². The van der Waals surface area contributed by atoms with Gasteiger partial charge in [-0.25, -0.2) is 5.32 Å². The fourth-order valence-electron chi connectivity index (χ4n) is 1.16. The first kappa shape index (κ1) is 5.74. The van der Waals surface area contributed by atoms with Crippen molar-refractivity contribution in [2.45, 2.75) is 6.04 Å². The Balaban J connectivity index is 2.20. The molecule has 1 aromatic heterocycles. The van der Waals surface area contributed by atoms with E-state index in [1.807, 2.05) is 12.3 Å². The quantitative estimate of drug-likeness (QED) is 0.558. The molecular weight excluding hydrogens is 124 g/mol. The Kier molecular flexibility index (Phi) is 1.32. The van der Waals surface area contributed by atoms with Crippen molar-refractivity contribution in [1.82, 2.24) is 10.3 Å². The second-order valence-corrected chi connectivity index (χ2v) is 2.36. The number of aromatic amines is 1. The maximum absolute atomic E-state index is 4.34. The van der Waals surface area contributed by atoms with Crippen molar-refractivity contribution in [2.24, 2.45) is 0 Å². The van der Waals surface area contributed by atoms with Crippen molar-refractivity contribution in [1.29, 1.82) is 0 Å². The molecule has 0 fully saturated rings. The lowest BCUT2D eigenvalue weighted by atomic mass is 10.2. The van der Waals surface area contributed by atoms with Crippen LogP contribution in [-0.2, 0) is 0 Å². The van der Waals surface area contributed by atoms with Crippen molar-refractivity contribution in [2.75, 3.05) is 6.54 Å². The smallest absolute Gasteiger partial charge is 0.0829 e. The van der Waals surface area contributed by atoms with E-state index in [9.17, 15) is 0 Å². The maximum atomic E-state index is 4.34. The lowest BCUT2D eigenvalue weighted by Gasteiger charge is -2.02. The Labute approximate surface area is 60.0 Å². The van der Waals surface area contributed by atoms with Crippen LogP contribution >= 0.6 is 0 Å². The highest BCUT2D eigenvalue weighted by molar-refractivity contribution is 5.18. The second-order valence-electron chi connectivity index (χ2n) is 2.36. The minimum atomic E-state index is 0.287. The van der Waals surface area contributed by atoms with Gasteiger partial charge in [0, 0.05) is 18.4 Å². The summed E-state index contributed by atoms with van der Waals surface area (Å²) in [7, 11) is 0. The lowest BCUT2D eigenvalue weighted by molar-refractivity contribution is 0.681. The molecule has 0 saturated heterocycles. The predicted octanol–water partition coefficient (Wildman–Crippen LogP) is 1.23. The van der Waals surface area contributed by atoms with E-state index in [4.69, 9.17) is 0 Å². The third-order valence-corrected chi connectivity index (χ3v) is 1.67. The molecule has 1 aliphatic heterocycles. The van der Waals surface area contributed by atoms with Crippen LogP contribution in [0.4, 0.5) is 0 Å². The monoisotopic (exact) mass is 133 g/mol. The summed E-state index contributed by atoms with van der Waals surface area (Å²) in [6.07, 6.45) is 6.13. The van der Waals surface area contributed by atoms with Gasteiger partial charge in [0.05, 0.1) is 6.04 Å². The van der Waals surface area contributed by atoms with Gasteiger partial charge in [-0.1, -0.05) is 12.2 Å². The molecular formula is C8H9N2. The number of H-pyrrole nitrogens is 1. The van der Waals surface area contributed by atoms with Gasteiger partial charge < -0.3 is 4.98 Å². The van der Waals surface area contributed by atoms with Gasteiger partial charge in [0.1, 0.15) is 0 Å². The molecule has 0 saturated carbocycles. The molecule has 0 amide bonds. The van der Waals surface area contributed by atoms with E-state index in [1.165, 1.54) is 5.69 Å². The van der Waals surface area contributed by atoms with E-state index >= 15 is 0 Å². The summed E-state index contributed by atoms with van der Waals surface area (Å²) in [6.45, 7) is 0.865. The van der Waals surface area contributed by atoms with E-state index in [2.05, 4.69) is 28.5 Å². The Hall–Kier alpha value is -1.02. The standard InChI is InChI=1S/C8H9N2/c1-3-7(9-5-1)8-4-2-6-10-8/h1-5,8-9H,6H2. The van der Waals surface area contributed by atoms with Crippen LogP contribution < -0.4 is 5.32 Å². The maximum Gasteiger partial charge on any atom is 0.0829 e. The highest BCUT2D eigenvalue weighted by Crippen LogP contribution is 2.16. The molecule has 2 rings (SSSR count). The van der Waals surface area contributed by atoms with Crippen LogP contribution in [0.25, 0.3) is 0 Å². The van der Waals surface area contributed by atoms with Crippen LogP contribution in [0.3, 0.4) is 0 Å². The Morgan fingerprint density at radius 3 is 3.20 bits per heavy atom. The highest BCUT2D eigenvalue weighted by atomic mass is 14.9. The predicted molar refractivity (Wildman–Crippen MR) is 39.7 cm³/mol. The summed E-state index contributed by atoms with van der Waals surface area (Å²) in [6, 6.07) is 4.34. The number of aromatic nitrogens is 1. The van der Waals surface area contributed by atoms with Crippen LogP contribution in [-0.4, -0.2) is 11.5 Å². The van der Waals surface area contributed by atoms with Gasteiger partial charge in [0.25, 0.3) is 0 Å². The molecule has 1 aromatic rings. The molecule has 2 heteroatoms. The first-order valence-electron chi connectivity index (χ1n) is 3.43. The third-order valence-electron chi connectivity index (χ3n) is 1.67. The first-order chi connectivity index (χ1) is 4.97. The average molecular weight is 133 g/mol. The summed E-state index contributed by atoms with van der Waals surface area (Å²) in [5, 5.41) is 4.34. The van der Waals surface area contributed by atoms with Crippen LogP contribution in [0, 0.1) is 0 Å². The molecule has 2 heterocycles. The zero-order valence-electron chi connectivity index (χ0n) is 5.62. The molecule has 2 nitrogen and oxygen atoms in total. The molecule has 0 aliphatic carbocycles. The molecule has 0 aromatic carbocycles. The largest absolute Gasteiger partial charge is 0.363 e. The molecule has 10 heavy (non-hydrogen) atoms. The van der Waals surface area contributed by atoms with E-state index < -0.39 is 0 Å². The van der Waals surface area contributed by atoms with E-state index in [0.717, 1.165) is 6.54 Å². The van der Waals surface area contributed by atoms with Gasteiger partial charge in [0.2, 0.25) is 0 Å². The number of nitrogens with one attached hydrogen (secondary N) is 1. The fraction of sp³-hybridized carbons (Fsp3) is 0.250. The summed E-state index contributed by atoms with van der Waals surface area (Å²) in [5.74, 6) is 0. The number of rotatable bonds is 1. The van der Waals surface area contributed by atoms with Crippen molar-refractivity contribution in [3.8, 4) is 0 Å². The number of hydrogen-bond acceptors (Lipinski definition) is 0. The second kappa shape index (κ2) is 2.31. The summed E-state index contributed by atoms with van der Waals surface area (Å²) in [4.78, 5) is 3.13. The molecule has 1 radical (unpaired) electrons. The zero-order chi connectivity index (χ0) is 6.81. The van der Waals surface area contributed by atoms with Crippen molar-refractivity contribution < 1.29 is 0 Å². The molecule has 0 bridgehead atoms. The third kappa shape index (κ3) is 0.866. The summed E-state index contributed by atoms with van der Waals surface area (Å²) < 4.78 is 0. The number of nitrogens with zero attached hydrogens (tertiary/aromatic N) is 1. The lowest BCUT2D eigenvalue weighted by Crippen LogP contribution is -2.05. The SMILES string of the molecule is C1=CC(c2ccc[nH]2)[N]C1.